The van der Waals surface area contributed by atoms with Crippen LogP contribution < -0.4 is 4.90 Å². The first kappa shape index (κ1) is 20.4. The highest BCUT2D eigenvalue weighted by Gasteiger charge is 2.19. The van der Waals surface area contributed by atoms with E-state index in [1.54, 1.807) is 35.5 Å². The molecule has 0 aliphatic heterocycles. The predicted molar refractivity (Wildman–Crippen MR) is 122 cm³/mol. The largest absolute Gasteiger partial charge is 0.280 e. The Morgan fingerprint density at radius 3 is 2.77 bits per heavy atom. The number of non-ortho nitro benzene ring substituents is 1. The lowest BCUT2D eigenvalue weighted by Crippen LogP contribution is -2.28. The van der Waals surface area contributed by atoms with Crippen LogP contribution in [0.25, 0.3) is 16.3 Å². The molecule has 4 rings (SSSR count). The van der Waals surface area contributed by atoms with Crippen molar-refractivity contribution in [2.45, 2.75) is 13.5 Å². The Labute approximate surface area is 182 Å². The Morgan fingerprint density at radius 1 is 1.19 bits per heavy atom. The van der Waals surface area contributed by atoms with Gasteiger partial charge in [0.15, 0.2) is 5.13 Å². The van der Waals surface area contributed by atoms with E-state index < -0.39 is 4.92 Å². The van der Waals surface area contributed by atoms with Crippen molar-refractivity contribution in [1.82, 2.24) is 9.97 Å². The summed E-state index contributed by atoms with van der Waals surface area (Å²) in [6.07, 6.45) is 6.38. The van der Waals surface area contributed by atoms with Gasteiger partial charge in [0.2, 0.25) is 0 Å². The number of para-hydroxylation sites is 1. The Morgan fingerprint density at radius 2 is 2.03 bits per heavy atom. The van der Waals surface area contributed by atoms with E-state index in [4.69, 9.17) is 4.98 Å². The van der Waals surface area contributed by atoms with Gasteiger partial charge in [-0.1, -0.05) is 41.7 Å². The molecule has 0 spiro atoms. The van der Waals surface area contributed by atoms with Crippen molar-refractivity contribution in [3.63, 3.8) is 0 Å². The molecule has 0 fully saturated rings. The summed E-state index contributed by atoms with van der Waals surface area (Å²) in [4.78, 5) is 34.1. The zero-order valence-corrected chi connectivity index (χ0v) is 17.5. The van der Waals surface area contributed by atoms with E-state index in [9.17, 15) is 14.9 Å². The number of hydrogen-bond donors (Lipinski definition) is 0. The van der Waals surface area contributed by atoms with Crippen molar-refractivity contribution in [1.29, 1.82) is 0 Å². The predicted octanol–water partition coefficient (Wildman–Crippen LogP) is 5.15. The lowest BCUT2D eigenvalue weighted by molar-refractivity contribution is -0.384. The Kier molecular flexibility index (Phi) is 5.81. The van der Waals surface area contributed by atoms with Crippen LogP contribution in [0.3, 0.4) is 0 Å². The second kappa shape index (κ2) is 8.85. The number of thiazole rings is 1. The van der Waals surface area contributed by atoms with Crippen molar-refractivity contribution < 1.29 is 9.72 Å². The van der Waals surface area contributed by atoms with Crippen LogP contribution in [0.5, 0.6) is 0 Å². The van der Waals surface area contributed by atoms with Crippen LogP contribution >= 0.6 is 11.3 Å². The van der Waals surface area contributed by atoms with Gasteiger partial charge in [-0.15, -0.1) is 0 Å². The molecule has 0 N–H and O–H groups in total. The molecule has 0 saturated carbocycles. The molecule has 0 unspecified atom stereocenters. The number of nitro groups is 1. The third kappa shape index (κ3) is 4.65. The van der Waals surface area contributed by atoms with Gasteiger partial charge in [-0.05, 0) is 41.8 Å². The van der Waals surface area contributed by atoms with Crippen LogP contribution in [0.4, 0.5) is 10.8 Å². The SMILES string of the molecule is Cc1cccc2sc(N(Cc3cccnc3)C(=O)C=Cc3cccc([N+](=O)[O-])c3)nc12. The van der Waals surface area contributed by atoms with Crippen LogP contribution in [-0.2, 0) is 11.3 Å². The van der Waals surface area contributed by atoms with Crippen LogP contribution in [0.2, 0.25) is 0 Å². The number of nitrogens with zero attached hydrogens (tertiary/aromatic N) is 4. The number of pyridine rings is 1. The van der Waals surface area contributed by atoms with Gasteiger partial charge in [0.05, 0.1) is 21.7 Å². The average molecular weight is 430 g/mol. The van der Waals surface area contributed by atoms with Crippen LogP contribution in [0, 0.1) is 17.0 Å². The molecule has 0 bridgehead atoms. The maximum Gasteiger partial charge on any atom is 0.270 e. The zero-order chi connectivity index (χ0) is 21.8. The van der Waals surface area contributed by atoms with E-state index in [2.05, 4.69) is 4.98 Å². The molecule has 2 heterocycles. The van der Waals surface area contributed by atoms with Crippen molar-refractivity contribution in [3.8, 4) is 0 Å². The molecular formula is C23H18N4O3S. The summed E-state index contributed by atoms with van der Waals surface area (Å²) in [5, 5.41) is 11.6. The first-order chi connectivity index (χ1) is 15.0. The van der Waals surface area contributed by atoms with Gasteiger partial charge in [0.25, 0.3) is 11.6 Å². The standard InChI is InChI=1S/C23H18N4O3S/c1-16-5-2-9-20-22(16)25-23(31-20)26(15-18-7-4-12-24-14-18)21(28)11-10-17-6-3-8-19(13-17)27(29)30/h2-14H,15H2,1H3. The summed E-state index contributed by atoms with van der Waals surface area (Å²) in [7, 11) is 0. The first-order valence-corrected chi connectivity index (χ1v) is 10.3. The molecule has 1 amide bonds. The molecule has 0 aliphatic rings. The fraction of sp³-hybridized carbons (Fsp3) is 0.0870. The molecule has 154 valence electrons. The van der Waals surface area contributed by atoms with Crippen molar-refractivity contribution in [2.75, 3.05) is 4.90 Å². The lowest BCUT2D eigenvalue weighted by atomic mass is 10.2. The van der Waals surface area contributed by atoms with E-state index >= 15 is 0 Å². The number of anilines is 1. The first-order valence-electron chi connectivity index (χ1n) is 9.50. The number of fused-ring (bicyclic) bond motifs is 1. The number of hydrogen-bond acceptors (Lipinski definition) is 6. The Bertz CT molecular complexity index is 1280. The van der Waals surface area contributed by atoms with Gasteiger partial charge in [-0.2, -0.15) is 0 Å². The summed E-state index contributed by atoms with van der Waals surface area (Å²) in [6, 6.07) is 15.8. The molecule has 7 nitrogen and oxygen atoms in total. The number of nitro benzene ring substituents is 1. The zero-order valence-electron chi connectivity index (χ0n) is 16.6. The maximum absolute atomic E-state index is 13.2. The highest BCUT2D eigenvalue weighted by atomic mass is 32.1. The lowest BCUT2D eigenvalue weighted by Gasteiger charge is -2.18. The molecule has 31 heavy (non-hydrogen) atoms. The second-order valence-corrected chi connectivity index (χ2v) is 7.90. The van der Waals surface area contributed by atoms with Gasteiger partial charge in [0, 0.05) is 30.6 Å². The summed E-state index contributed by atoms with van der Waals surface area (Å²) in [5.41, 5.74) is 3.33. The molecule has 0 saturated heterocycles. The minimum absolute atomic E-state index is 0.0246. The van der Waals surface area contributed by atoms with Gasteiger partial charge in [0.1, 0.15) is 0 Å². The van der Waals surface area contributed by atoms with Crippen LogP contribution in [0.1, 0.15) is 16.7 Å². The summed E-state index contributed by atoms with van der Waals surface area (Å²) in [5.74, 6) is -0.271. The van der Waals surface area contributed by atoms with E-state index in [-0.39, 0.29) is 11.6 Å². The molecule has 8 heteroatoms. The van der Waals surface area contributed by atoms with E-state index in [0.717, 1.165) is 21.3 Å². The minimum Gasteiger partial charge on any atom is -0.280 e. The van der Waals surface area contributed by atoms with Crippen molar-refractivity contribution in [3.05, 3.63) is 99.9 Å². The monoisotopic (exact) mass is 430 g/mol. The molecule has 0 atom stereocenters. The Hall–Kier alpha value is -3.91. The van der Waals surface area contributed by atoms with E-state index in [1.807, 2.05) is 37.3 Å². The topological polar surface area (TPSA) is 89.2 Å². The highest BCUT2D eigenvalue weighted by Crippen LogP contribution is 2.31. The molecule has 0 radical (unpaired) electrons. The van der Waals surface area contributed by atoms with E-state index in [0.29, 0.717) is 17.2 Å². The fourth-order valence-corrected chi connectivity index (χ4v) is 4.15. The highest BCUT2D eigenvalue weighted by molar-refractivity contribution is 7.22. The van der Waals surface area contributed by atoms with Crippen LogP contribution in [0.15, 0.2) is 73.1 Å². The third-order valence-electron chi connectivity index (χ3n) is 4.67. The average Bonchev–Trinajstić information content (AvgIpc) is 3.22. The van der Waals surface area contributed by atoms with Gasteiger partial charge >= 0.3 is 0 Å². The van der Waals surface area contributed by atoms with Gasteiger partial charge in [-0.25, -0.2) is 4.98 Å². The van der Waals surface area contributed by atoms with Gasteiger partial charge < -0.3 is 0 Å². The number of carbonyl (C=O) groups excluding carboxylic acids is 1. The number of carbonyl (C=O) groups is 1. The van der Waals surface area contributed by atoms with Crippen LogP contribution in [-0.4, -0.2) is 20.8 Å². The van der Waals surface area contributed by atoms with Crippen molar-refractivity contribution >= 4 is 44.4 Å². The number of rotatable bonds is 6. The van der Waals surface area contributed by atoms with Gasteiger partial charge in [-0.3, -0.25) is 24.8 Å². The van der Waals surface area contributed by atoms with Crippen molar-refractivity contribution in [2.24, 2.45) is 0 Å². The summed E-state index contributed by atoms with van der Waals surface area (Å²) in [6.45, 7) is 2.30. The molecule has 4 aromatic rings. The maximum atomic E-state index is 13.2. The number of benzene rings is 2. The quantitative estimate of drug-likeness (QED) is 0.240. The molecule has 2 aromatic heterocycles. The van der Waals surface area contributed by atoms with E-state index in [1.165, 1.54) is 29.5 Å². The number of aryl methyl sites for hydroxylation is 1. The number of amides is 1. The second-order valence-electron chi connectivity index (χ2n) is 6.89. The molecule has 2 aromatic carbocycles. The summed E-state index contributed by atoms with van der Waals surface area (Å²) >= 11 is 1.45. The smallest absolute Gasteiger partial charge is 0.270 e. The normalized spacial score (nSPS) is 11.1. The Balaban J connectivity index is 1.67. The molecular weight excluding hydrogens is 412 g/mol. The summed E-state index contributed by atoms with van der Waals surface area (Å²) < 4.78 is 1.00. The third-order valence-corrected chi connectivity index (χ3v) is 5.71. The molecule has 0 aliphatic carbocycles. The fourth-order valence-electron chi connectivity index (χ4n) is 3.10. The number of aromatic nitrogens is 2. The minimum atomic E-state index is -0.461.